The zero-order chi connectivity index (χ0) is 7.56. The van der Waals surface area contributed by atoms with Gasteiger partial charge < -0.3 is 4.74 Å². The van der Waals surface area contributed by atoms with Crippen LogP contribution in [0, 0.1) is 6.92 Å². The van der Waals surface area contributed by atoms with Crippen LogP contribution in [0.1, 0.15) is 4.88 Å². The lowest BCUT2D eigenvalue weighted by molar-refractivity contribution is -0.0499. The minimum absolute atomic E-state index is 0.278. The summed E-state index contributed by atoms with van der Waals surface area (Å²) in [6.45, 7) is -0.976. The first-order chi connectivity index (χ1) is 4.70. The van der Waals surface area contributed by atoms with Gasteiger partial charge in [-0.25, -0.2) is 0 Å². The molecule has 4 heteroatoms. The Morgan fingerprint density at radius 2 is 2.30 bits per heavy atom. The minimum atomic E-state index is -2.71. The molecule has 1 nitrogen and oxygen atoms in total. The fourth-order valence-electron chi connectivity index (χ4n) is 0.592. The van der Waals surface area contributed by atoms with E-state index in [1.54, 1.807) is 12.3 Å². The maximum Gasteiger partial charge on any atom is 0.387 e. The van der Waals surface area contributed by atoms with E-state index in [1.165, 1.54) is 17.4 Å². The summed E-state index contributed by atoms with van der Waals surface area (Å²) in [6.07, 6.45) is 0. The van der Waals surface area contributed by atoms with Gasteiger partial charge in [-0.3, -0.25) is 0 Å². The smallest absolute Gasteiger partial charge is 0.387 e. The van der Waals surface area contributed by atoms with E-state index in [9.17, 15) is 8.78 Å². The van der Waals surface area contributed by atoms with Crippen molar-refractivity contribution in [1.82, 2.24) is 0 Å². The summed E-state index contributed by atoms with van der Waals surface area (Å²) >= 11 is 1.39. The normalized spacial score (nSPS) is 10.4. The van der Waals surface area contributed by atoms with Crippen LogP contribution in [0.3, 0.4) is 0 Å². The minimum Gasteiger partial charge on any atom is -0.434 e. The number of hydrogen-bond donors (Lipinski definition) is 0. The molecule has 1 heterocycles. The Balaban J connectivity index is 2.65. The van der Waals surface area contributed by atoms with Gasteiger partial charge in [-0.15, -0.1) is 11.3 Å². The van der Waals surface area contributed by atoms with Gasteiger partial charge in [0.2, 0.25) is 0 Å². The largest absolute Gasteiger partial charge is 0.434 e. The first kappa shape index (κ1) is 7.47. The van der Waals surface area contributed by atoms with Crippen molar-refractivity contribution in [2.24, 2.45) is 0 Å². The van der Waals surface area contributed by atoms with Gasteiger partial charge in [0.05, 0.1) is 0 Å². The van der Waals surface area contributed by atoms with E-state index in [4.69, 9.17) is 0 Å². The monoisotopic (exact) mass is 164 g/mol. The SMILES string of the molecule is Cc1sccc1OC(F)F. The van der Waals surface area contributed by atoms with Crippen LogP contribution < -0.4 is 4.74 Å². The molecule has 1 aromatic rings. The van der Waals surface area contributed by atoms with Crippen molar-refractivity contribution in [2.75, 3.05) is 0 Å². The molecule has 0 aliphatic rings. The van der Waals surface area contributed by atoms with Crippen LogP contribution in [0.4, 0.5) is 8.78 Å². The predicted molar refractivity (Wildman–Crippen MR) is 35.7 cm³/mol. The molecular weight excluding hydrogens is 158 g/mol. The molecule has 1 rings (SSSR count). The third kappa shape index (κ3) is 1.67. The fraction of sp³-hybridized carbons (Fsp3) is 0.333. The zero-order valence-electron chi connectivity index (χ0n) is 5.30. The van der Waals surface area contributed by atoms with Crippen LogP contribution >= 0.6 is 11.3 Å². The predicted octanol–water partition coefficient (Wildman–Crippen LogP) is 2.66. The molecule has 56 valence electrons. The summed E-state index contributed by atoms with van der Waals surface area (Å²) in [7, 11) is 0. The van der Waals surface area contributed by atoms with Crippen molar-refractivity contribution >= 4 is 11.3 Å². The van der Waals surface area contributed by atoms with Gasteiger partial charge in [-0.2, -0.15) is 8.78 Å². The lowest BCUT2D eigenvalue weighted by Crippen LogP contribution is -2.01. The molecule has 0 unspecified atom stereocenters. The number of aryl methyl sites for hydroxylation is 1. The highest BCUT2D eigenvalue weighted by Gasteiger charge is 2.06. The third-order valence-corrected chi connectivity index (χ3v) is 1.85. The fourth-order valence-corrected chi connectivity index (χ4v) is 1.22. The van der Waals surface area contributed by atoms with Crippen LogP contribution in [0.5, 0.6) is 5.75 Å². The Morgan fingerprint density at radius 3 is 2.70 bits per heavy atom. The van der Waals surface area contributed by atoms with Crippen LogP contribution in [0.25, 0.3) is 0 Å². The lowest BCUT2D eigenvalue weighted by atomic mass is 10.5. The highest BCUT2D eigenvalue weighted by atomic mass is 32.1. The molecule has 0 amide bonds. The van der Waals surface area contributed by atoms with Gasteiger partial charge >= 0.3 is 6.61 Å². The van der Waals surface area contributed by atoms with Crippen molar-refractivity contribution in [3.8, 4) is 5.75 Å². The first-order valence-corrected chi connectivity index (χ1v) is 3.57. The summed E-state index contributed by atoms with van der Waals surface area (Å²) in [5.74, 6) is 0.278. The highest BCUT2D eigenvalue weighted by molar-refractivity contribution is 7.10. The molecule has 0 aliphatic heterocycles. The van der Waals surface area contributed by atoms with E-state index in [1.807, 2.05) is 0 Å². The second-order valence-corrected chi connectivity index (χ2v) is 2.84. The van der Waals surface area contributed by atoms with Gasteiger partial charge in [-0.1, -0.05) is 0 Å². The molecule has 0 aliphatic carbocycles. The van der Waals surface area contributed by atoms with Crippen LogP contribution in [0.15, 0.2) is 11.4 Å². The van der Waals surface area contributed by atoms with E-state index in [0.29, 0.717) is 0 Å². The van der Waals surface area contributed by atoms with E-state index in [-0.39, 0.29) is 5.75 Å². The summed E-state index contributed by atoms with van der Waals surface area (Å²) in [4.78, 5) is 0.778. The maximum atomic E-state index is 11.6. The molecule has 0 saturated heterocycles. The number of rotatable bonds is 2. The number of ether oxygens (including phenoxy) is 1. The van der Waals surface area contributed by atoms with Crippen LogP contribution in [0.2, 0.25) is 0 Å². The van der Waals surface area contributed by atoms with Gasteiger partial charge in [0.1, 0.15) is 5.75 Å². The number of alkyl halides is 2. The maximum absolute atomic E-state index is 11.6. The molecule has 0 aromatic carbocycles. The van der Waals surface area contributed by atoms with Gasteiger partial charge in [-0.05, 0) is 18.4 Å². The average molecular weight is 164 g/mol. The van der Waals surface area contributed by atoms with Gasteiger partial charge in [0, 0.05) is 4.88 Å². The molecule has 10 heavy (non-hydrogen) atoms. The van der Waals surface area contributed by atoms with Crippen molar-refractivity contribution in [3.63, 3.8) is 0 Å². The standard InChI is InChI=1S/C6H6F2OS/c1-4-5(2-3-10-4)9-6(7)8/h2-3,6H,1H3. The Kier molecular flexibility index (Phi) is 2.21. The van der Waals surface area contributed by atoms with Crippen molar-refractivity contribution in [1.29, 1.82) is 0 Å². The van der Waals surface area contributed by atoms with Crippen molar-refractivity contribution in [3.05, 3.63) is 16.3 Å². The quantitative estimate of drug-likeness (QED) is 0.653. The van der Waals surface area contributed by atoms with E-state index < -0.39 is 6.61 Å². The number of hydrogen-bond acceptors (Lipinski definition) is 2. The van der Waals surface area contributed by atoms with E-state index in [2.05, 4.69) is 4.74 Å². The molecule has 0 atom stereocenters. The number of thiophene rings is 1. The Labute approximate surface area is 61.2 Å². The molecule has 0 radical (unpaired) electrons. The van der Waals surface area contributed by atoms with E-state index in [0.717, 1.165) is 4.88 Å². The summed E-state index contributed by atoms with van der Waals surface area (Å²) in [5, 5.41) is 1.72. The summed E-state index contributed by atoms with van der Waals surface area (Å²) in [6, 6.07) is 1.53. The topological polar surface area (TPSA) is 9.23 Å². The van der Waals surface area contributed by atoms with Gasteiger partial charge in [0.15, 0.2) is 0 Å². The lowest BCUT2D eigenvalue weighted by Gasteiger charge is -2.00. The summed E-state index contributed by atoms with van der Waals surface area (Å²) < 4.78 is 27.3. The molecule has 0 saturated carbocycles. The average Bonchev–Trinajstić information content (AvgIpc) is 2.15. The molecule has 0 fully saturated rings. The van der Waals surface area contributed by atoms with Crippen LogP contribution in [-0.2, 0) is 0 Å². The molecular formula is C6H6F2OS. The highest BCUT2D eigenvalue weighted by Crippen LogP contribution is 2.24. The van der Waals surface area contributed by atoms with Gasteiger partial charge in [0.25, 0.3) is 0 Å². The Morgan fingerprint density at radius 1 is 1.60 bits per heavy atom. The molecule has 0 N–H and O–H groups in total. The van der Waals surface area contributed by atoms with Crippen molar-refractivity contribution in [2.45, 2.75) is 13.5 Å². The zero-order valence-corrected chi connectivity index (χ0v) is 6.12. The second kappa shape index (κ2) is 2.96. The Hall–Kier alpha value is -0.640. The van der Waals surface area contributed by atoms with E-state index >= 15 is 0 Å². The third-order valence-electron chi connectivity index (χ3n) is 1.03. The number of halogens is 2. The second-order valence-electron chi connectivity index (χ2n) is 1.72. The molecule has 1 aromatic heterocycles. The summed E-state index contributed by atoms with van der Waals surface area (Å²) in [5.41, 5.74) is 0. The molecule has 0 spiro atoms. The first-order valence-electron chi connectivity index (χ1n) is 2.69. The Bertz CT molecular complexity index is 209. The van der Waals surface area contributed by atoms with Crippen LogP contribution in [-0.4, -0.2) is 6.61 Å². The van der Waals surface area contributed by atoms with Crippen molar-refractivity contribution < 1.29 is 13.5 Å². The molecule has 0 bridgehead atoms.